The number of aromatic nitrogens is 2. The Morgan fingerprint density at radius 1 is 1.12 bits per heavy atom. The highest BCUT2D eigenvalue weighted by Crippen LogP contribution is 2.24. The van der Waals surface area contributed by atoms with Crippen molar-refractivity contribution in [3.05, 3.63) is 54.1 Å². The number of nitrogens with two attached hydrogens (primary N) is 1. The van der Waals surface area contributed by atoms with Gasteiger partial charge in [0.2, 0.25) is 0 Å². The molecule has 1 aromatic heterocycles. The SMILES string of the molecule is NCCCCN(C(=O)n1ccnc1)N1C(=O)c2ccccc2C1=O. The minimum atomic E-state index is -0.515. The predicted octanol–water partition coefficient (Wildman–Crippen LogP) is 1.10. The van der Waals surface area contributed by atoms with Crippen molar-refractivity contribution in [1.82, 2.24) is 19.6 Å². The summed E-state index contributed by atoms with van der Waals surface area (Å²) in [6.07, 6.45) is 5.51. The molecule has 1 aliphatic rings. The highest BCUT2D eigenvalue weighted by atomic mass is 16.2. The monoisotopic (exact) mass is 327 g/mol. The van der Waals surface area contributed by atoms with Gasteiger partial charge in [0.1, 0.15) is 6.33 Å². The first-order valence-electron chi connectivity index (χ1n) is 7.62. The molecular formula is C16H17N5O3. The number of amides is 3. The van der Waals surface area contributed by atoms with Gasteiger partial charge in [-0.25, -0.2) is 14.8 Å². The second-order valence-electron chi connectivity index (χ2n) is 5.34. The van der Waals surface area contributed by atoms with Gasteiger partial charge >= 0.3 is 6.03 Å². The van der Waals surface area contributed by atoms with E-state index < -0.39 is 17.8 Å². The molecule has 2 aromatic rings. The summed E-state index contributed by atoms with van der Waals surface area (Å²) in [6.45, 7) is 0.676. The topological polar surface area (TPSA) is 102 Å². The Kier molecular flexibility index (Phi) is 4.39. The minimum Gasteiger partial charge on any atom is -0.330 e. The summed E-state index contributed by atoms with van der Waals surface area (Å²) in [5, 5.41) is 2.06. The largest absolute Gasteiger partial charge is 0.348 e. The van der Waals surface area contributed by atoms with Crippen LogP contribution < -0.4 is 5.73 Å². The highest BCUT2D eigenvalue weighted by Gasteiger charge is 2.41. The number of hydrogen-bond acceptors (Lipinski definition) is 5. The smallest absolute Gasteiger partial charge is 0.330 e. The molecular weight excluding hydrogens is 310 g/mol. The lowest BCUT2D eigenvalue weighted by molar-refractivity contribution is 0.0178. The number of nitrogens with zero attached hydrogens (tertiary/aromatic N) is 4. The summed E-state index contributed by atoms with van der Waals surface area (Å²) in [4.78, 5) is 41.8. The zero-order valence-corrected chi connectivity index (χ0v) is 13.0. The van der Waals surface area contributed by atoms with Gasteiger partial charge in [0.15, 0.2) is 0 Å². The van der Waals surface area contributed by atoms with Crippen molar-refractivity contribution in [3.63, 3.8) is 0 Å². The molecule has 0 radical (unpaired) electrons. The Hall–Kier alpha value is -3.00. The summed E-state index contributed by atoms with van der Waals surface area (Å²) in [5.41, 5.74) is 6.09. The second kappa shape index (κ2) is 6.63. The molecule has 8 nitrogen and oxygen atoms in total. The van der Waals surface area contributed by atoms with Gasteiger partial charge in [-0.15, -0.1) is 0 Å². The van der Waals surface area contributed by atoms with Crippen molar-refractivity contribution < 1.29 is 14.4 Å². The quantitative estimate of drug-likeness (QED) is 0.654. The number of benzene rings is 1. The molecule has 2 heterocycles. The number of imide groups is 1. The third-order valence-corrected chi connectivity index (χ3v) is 3.78. The fourth-order valence-corrected chi connectivity index (χ4v) is 2.59. The van der Waals surface area contributed by atoms with E-state index >= 15 is 0 Å². The average molecular weight is 327 g/mol. The molecule has 0 saturated heterocycles. The summed E-state index contributed by atoms with van der Waals surface area (Å²) < 4.78 is 1.23. The molecule has 3 rings (SSSR count). The zero-order valence-electron chi connectivity index (χ0n) is 13.0. The Morgan fingerprint density at radius 3 is 2.33 bits per heavy atom. The fourth-order valence-electron chi connectivity index (χ4n) is 2.59. The van der Waals surface area contributed by atoms with Gasteiger partial charge in [-0.05, 0) is 31.5 Å². The lowest BCUT2D eigenvalue weighted by atomic mass is 10.1. The van der Waals surface area contributed by atoms with Crippen LogP contribution in [0, 0.1) is 0 Å². The summed E-state index contributed by atoms with van der Waals surface area (Å²) in [5.74, 6) is -1.01. The molecule has 24 heavy (non-hydrogen) atoms. The molecule has 0 unspecified atom stereocenters. The molecule has 0 saturated carbocycles. The summed E-state index contributed by atoms with van der Waals surface area (Å²) in [6, 6.07) is 6.01. The highest BCUT2D eigenvalue weighted by molar-refractivity contribution is 6.21. The van der Waals surface area contributed by atoms with E-state index in [1.807, 2.05) is 0 Å². The Labute approximate surface area is 138 Å². The molecule has 124 valence electrons. The van der Waals surface area contributed by atoms with E-state index in [2.05, 4.69) is 4.98 Å². The van der Waals surface area contributed by atoms with Crippen LogP contribution in [0.5, 0.6) is 0 Å². The van der Waals surface area contributed by atoms with Crippen molar-refractivity contribution in [2.75, 3.05) is 13.1 Å². The molecule has 1 aliphatic heterocycles. The average Bonchev–Trinajstić information content (AvgIpc) is 3.21. The number of carbonyl (C=O) groups is 3. The van der Waals surface area contributed by atoms with Crippen LogP contribution in [0.2, 0.25) is 0 Å². The minimum absolute atomic E-state index is 0.208. The normalized spacial score (nSPS) is 13.3. The van der Waals surface area contributed by atoms with Crippen molar-refractivity contribution in [2.24, 2.45) is 5.73 Å². The van der Waals surface area contributed by atoms with Crippen molar-refractivity contribution in [1.29, 1.82) is 0 Å². The maximum Gasteiger partial charge on any atom is 0.348 e. The lowest BCUT2D eigenvalue weighted by Gasteiger charge is -2.29. The predicted molar refractivity (Wildman–Crippen MR) is 85.0 cm³/mol. The Balaban J connectivity index is 1.92. The van der Waals surface area contributed by atoms with Gasteiger partial charge in [0.05, 0.1) is 11.1 Å². The second-order valence-corrected chi connectivity index (χ2v) is 5.34. The maximum atomic E-state index is 12.7. The lowest BCUT2D eigenvalue weighted by Crippen LogP contribution is -2.51. The number of hydrogen-bond donors (Lipinski definition) is 1. The van der Waals surface area contributed by atoms with Crippen LogP contribution in [0.25, 0.3) is 0 Å². The number of hydrazine groups is 1. The molecule has 1 aromatic carbocycles. The number of imidazole rings is 1. The van der Waals surface area contributed by atoms with Crippen LogP contribution in [0.1, 0.15) is 33.6 Å². The van der Waals surface area contributed by atoms with E-state index in [0.717, 1.165) is 10.0 Å². The van der Waals surface area contributed by atoms with Crippen LogP contribution in [0.3, 0.4) is 0 Å². The summed E-state index contributed by atoms with van der Waals surface area (Å²) in [7, 11) is 0. The van der Waals surface area contributed by atoms with Crippen molar-refractivity contribution in [3.8, 4) is 0 Å². The third kappa shape index (κ3) is 2.67. The van der Waals surface area contributed by atoms with Gasteiger partial charge in [0, 0.05) is 18.9 Å². The summed E-state index contributed by atoms with van der Waals surface area (Å²) >= 11 is 0. The van der Waals surface area contributed by atoms with Gasteiger partial charge in [-0.1, -0.05) is 12.1 Å². The van der Waals surface area contributed by atoms with Gasteiger partial charge < -0.3 is 5.73 Å². The molecule has 0 fully saturated rings. The molecule has 0 bridgehead atoms. The number of rotatable bonds is 5. The molecule has 8 heteroatoms. The molecule has 0 atom stereocenters. The van der Waals surface area contributed by atoms with Crippen LogP contribution in [-0.2, 0) is 0 Å². The van der Waals surface area contributed by atoms with E-state index in [4.69, 9.17) is 5.73 Å². The van der Waals surface area contributed by atoms with E-state index in [0.29, 0.717) is 30.5 Å². The zero-order chi connectivity index (χ0) is 17.1. The van der Waals surface area contributed by atoms with Crippen molar-refractivity contribution >= 4 is 17.8 Å². The Bertz CT molecular complexity index is 737. The van der Waals surface area contributed by atoms with E-state index in [9.17, 15) is 14.4 Å². The van der Waals surface area contributed by atoms with Crippen molar-refractivity contribution in [2.45, 2.75) is 12.8 Å². The first kappa shape index (κ1) is 15.9. The molecule has 2 N–H and O–H groups in total. The maximum absolute atomic E-state index is 12.7. The van der Waals surface area contributed by atoms with E-state index in [1.54, 1.807) is 24.3 Å². The van der Waals surface area contributed by atoms with Crippen LogP contribution >= 0.6 is 0 Å². The molecule has 0 aliphatic carbocycles. The molecule has 3 amide bonds. The van der Waals surface area contributed by atoms with Gasteiger partial charge in [-0.2, -0.15) is 5.01 Å². The van der Waals surface area contributed by atoms with E-state index in [1.165, 1.54) is 23.3 Å². The first-order valence-corrected chi connectivity index (χ1v) is 7.62. The molecule has 0 spiro atoms. The van der Waals surface area contributed by atoms with Crippen LogP contribution in [0.4, 0.5) is 4.79 Å². The first-order chi connectivity index (χ1) is 11.6. The number of unbranched alkanes of at least 4 members (excludes halogenated alkanes) is 1. The van der Waals surface area contributed by atoms with Gasteiger partial charge in [-0.3, -0.25) is 14.2 Å². The van der Waals surface area contributed by atoms with Gasteiger partial charge in [0.25, 0.3) is 11.8 Å². The Morgan fingerprint density at radius 2 is 1.79 bits per heavy atom. The van der Waals surface area contributed by atoms with E-state index in [-0.39, 0.29) is 6.54 Å². The standard InChI is InChI=1S/C16H17N5O3/c17-7-3-4-9-20(16(24)19-10-8-18-11-19)21-14(22)12-5-1-2-6-13(12)15(21)23/h1-2,5-6,8,10-11H,3-4,7,9,17H2. The number of carbonyl (C=O) groups excluding carboxylic acids is 3. The fraction of sp³-hybridized carbons (Fsp3) is 0.250. The van der Waals surface area contributed by atoms with Crippen LogP contribution in [0.15, 0.2) is 43.0 Å². The van der Waals surface area contributed by atoms with Crippen LogP contribution in [-0.4, -0.2) is 50.5 Å². The number of fused-ring (bicyclic) bond motifs is 1. The third-order valence-electron chi connectivity index (χ3n) is 3.78.